The Balaban J connectivity index is 1.46. The number of nitrogens with zero attached hydrogens (tertiary/aromatic N) is 5. The van der Waals surface area contributed by atoms with Crippen LogP contribution >= 0.6 is 23.1 Å². The molecule has 1 N–H and O–H groups in total. The molecule has 6 nitrogen and oxygen atoms in total. The molecule has 0 aliphatic rings. The second kappa shape index (κ2) is 6.58. The Labute approximate surface area is 147 Å². The van der Waals surface area contributed by atoms with Gasteiger partial charge in [-0.25, -0.2) is 15.0 Å². The molecule has 0 aliphatic heterocycles. The van der Waals surface area contributed by atoms with Crippen LogP contribution in [0.3, 0.4) is 0 Å². The smallest absolute Gasteiger partial charge is 0.187 e. The second-order valence-electron chi connectivity index (χ2n) is 5.11. The SMILES string of the molecule is Cn1ncc2c(SCc3csc(Nc4ccccc4)n3)ncnc21. The minimum atomic E-state index is 0.758. The predicted octanol–water partition coefficient (Wildman–Crippen LogP) is 3.86. The molecule has 0 bridgehead atoms. The molecule has 24 heavy (non-hydrogen) atoms. The summed E-state index contributed by atoms with van der Waals surface area (Å²) in [5, 5.41) is 12.4. The van der Waals surface area contributed by atoms with Gasteiger partial charge in [0.05, 0.1) is 17.3 Å². The first-order valence-corrected chi connectivity index (χ1v) is 9.18. The van der Waals surface area contributed by atoms with Crippen LogP contribution in [0.25, 0.3) is 11.0 Å². The molecule has 0 unspecified atom stereocenters. The number of aromatic nitrogens is 5. The van der Waals surface area contributed by atoms with Gasteiger partial charge in [0.25, 0.3) is 0 Å². The molecule has 3 aromatic heterocycles. The maximum Gasteiger partial charge on any atom is 0.187 e. The number of thiazole rings is 1. The van der Waals surface area contributed by atoms with Gasteiger partial charge in [0.2, 0.25) is 0 Å². The van der Waals surface area contributed by atoms with E-state index < -0.39 is 0 Å². The van der Waals surface area contributed by atoms with Gasteiger partial charge in [-0.2, -0.15) is 5.10 Å². The number of aryl methyl sites for hydroxylation is 1. The Bertz CT molecular complexity index is 963. The van der Waals surface area contributed by atoms with E-state index in [0.29, 0.717) is 0 Å². The summed E-state index contributed by atoms with van der Waals surface area (Å²) in [6, 6.07) is 10.0. The molecular formula is C16H14N6S2. The summed E-state index contributed by atoms with van der Waals surface area (Å²) in [5.74, 6) is 0.758. The number of fused-ring (bicyclic) bond motifs is 1. The lowest BCUT2D eigenvalue weighted by Gasteiger charge is -2.01. The maximum absolute atomic E-state index is 4.63. The van der Waals surface area contributed by atoms with Gasteiger partial charge in [-0.1, -0.05) is 30.0 Å². The molecule has 4 aromatic rings. The van der Waals surface area contributed by atoms with Crippen LogP contribution in [0.2, 0.25) is 0 Å². The van der Waals surface area contributed by atoms with E-state index in [-0.39, 0.29) is 0 Å². The minimum Gasteiger partial charge on any atom is -0.332 e. The lowest BCUT2D eigenvalue weighted by molar-refractivity contribution is 0.784. The van der Waals surface area contributed by atoms with Gasteiger partial charge in [0.15, 0.2) is 10.8 Å². The van der Waals surface area contributed by atoms with Crippen molar-refractivity contribution >= 4 is 45.0 Å². The lowest BCUT2D eigenvalue weighted by Crippen LogP contribution is -1.93. The van der Waals surface area contributed by atoms with Crippen molar-refractivity contribution in [2.45, 2.75) is 10.8 Å². The number of hydrogen-bond donors (Lipinski definition) is 1. The Kier molecular flexibility index (Phi) is 4.14. The summed E-state index contributed by atoms with van der Waals surface area (Å²) in [5.41, 5.74) is 2.91. The van der Waals surface area contributed by atoms with Gasteiger partial charge < -0.3 is 5.32 Å². The van der Waals surface area contributed by atoms with E-state index in [1.54, 1.807) is 40.3 Å². The van der Waals surface area contributed by atoms with Gasteiger partial charge in [-0.15, -0.1) is 11.3 Å². The molecule has 4 rings (SSSR count). The molecule has 120 valence electrons. The third kappa shape index (κ3) is 3.10. The van der Waals surface area contributed by atoms with Crippen LogP contribution in [-0.4, -0.2) is 24.7 Å². The Hall–Kier alpha value is -2.45. The van der Waals surface area contributed by atoms with Crippen LogP contribution in [0.1, 0.15) is 5.69 Å². The first-order chi connectivity index (χ1) is 11.8. The van der Waals surface area contributed by atoms with E-state index in [4.69, 9.17) is 0 Å². The summed E-state index contributed by atoms with van der Waals surface area (Å²) in [4.78, 5) is 13.3. The molecule has 1 aromatic carbocycles. The normalized spacial score (nSPS) is 11.0. The third-order valence-electron chi connectivity index (χ3n) is 3.43. The summed E-state index contributed by atoms with van der Waals surface area (Å²) in [6.07, 6.45) is 3.39. The zero-order valence-corrected chi connectivity index (χ0v) is 14.5. The molecule has 3 heterocycles. The van der Waals surface area contributed by atoms with Crippen LogP contribution in [0, 0.1) is 0 Å². The van der Waals surface area contributed by atoms with Gasteiger partial charge in [-0.05, 0) is 12.1 Å². The number of hydrogen-bond acceptors (Lipinski definition) is 7. The van der Waals surface area contributed by atoms with Crippen LogP contribution in [0.5, 0.6) is 0 Å². The molecule has 0 atom stereocenters. The molecule has 0 fully saturated rings. The summed E-state index contributed by atoms with van der Waals surface area (Å²) in [6.45, 7) is 0. The largest absolute Gasteiger partial charge is 0.332 e. The summed E-state index contributed by atoms with van der Waals surface area (Å²) < 4.78 is 1.76. The van der Waals surface area contributed by atoms with Crippen LogP contribution in [0.4, 0.5) is 10.8 Å². The van der Waals surface area contributed by atoms with Crippen molar-refractivity contribution in [3.05, 3.63) is 53.9 Å². The Morgan fingerprint density at radius 1 is 1.21 bits per heavy atom. The number of nitrogens with one attached hydrogen (secondary N) is 1. The van der Waals surface area contributed by atoms with Crippen LogP contribution in [-0.2, 0) is 12.8 Å². The van der Waals surface area contributed by atoms with E-state index in [2.05, 4.69) is 30.7 Å². The fourth-order valence-corrected chi connectivity index (χ4v) is 3.96. The van der Waals surface area contributed by atoms with Gasteiger partial charge in [-0.3, -0.25) is 4.68 Å². The average Bonchev–Trinajstić information content (AvgIpc) is 3.21. The molecular weight excluding hydrogens is 340 g/mol. The molecule has 0 spiro atoms. The predicted molar refractivity (Wildman–Crippen MR) is 97.7 cm³/mol. The van der Waals surface area contributed by atoms with Gasteiger partial charge in [0.1, 0.15) is 11.4 Å². The van der Waals surface area contributed by atoms with Crippen LogP contribution in [0.15, 0.2) is 53.3 Å². The number of para-hydroxylation sites is 1. The molecule has 0 aliphatic carbocycles. The van der Waals surface area contributed by atoms with Crippen molar-refractivity contribution in [1.29, 1.82) is 0 Å². The highest BCUT2D eigenvalue weighted by Gasteiger charge is 2.10. The van der Waals surface area contributed by atoms with E-state index in [9.17, 15) is 0 Å². The summed E-state index contributed by atoms with van der Waals surface area (Å²) >= 11 is 3.25. The topological polar surface area (TPSA) is 68.5 Å². The zero-order valence-electron chi connectivity index (χ0n) is 12.9. The fourth-order valence-electron chi connectivity index (χ4n) is 2.27. The zero-order chi connectivity index (χ0) is 16.4. The quantitative estimate of drug-likeness (QED) is 0.434. The summed E-state index contributed by atoms with van der Waals surface area (Å²) in [7, 11) is 1.88. The monoisotopic (exact) mass is 354 g/mol. The third-order valence-corrected chi connectivity index (χ3v) is 5.27. The number of rotatable bonds is 5. The highest BCUT2D eigenvalue weighted by atomic mass is 32.2. The Morgan fingerprint density at radius 2 is 2.08 bits per heavy atom. The highest BCUT2D eigenvalue weighted by molar-refractivity contribution is 7.98. The van der Waals surface area contributed by atoms with Crippen molar-refractivity contribution in [1.82, 2.24) is 24.7 Å². The van der Waals surface area contributed by atoms with E-state index in [1.807, 2.05) is 37.4 Å². The van der Waals surface area contributed by atoms with Crippen molar-refractivity contribution in [3.8, 4) is 0 Å². The first kappa shape index (κ1) is 15.1. The second-order valence-corrected chi connectivity index (χ2v) is 6.93. The lowest BCUT2D eigenvalue weighted by atomic mass is 10.3. The molecule has 0 saturated carbocycles. The van der Waals surface area contributed by atoms with Gasteiger partial charge in [0, 0.05) is 23.9 Å². The van der Waals surface area contributed by atoms with Gasteiger partial charge >= 0.3 is 0 Å². The number of anilines is 2. The minimum absolute atomic E-state index is 0.758. The number of thioether (sulfide) groups is 1. The van der Waals surface area contributed by atoms with Crippen molar-refractivity contribution < 1.29 is 0 Å². The van der Waals surface area contributed by atoms with E-state index >= 15 is 0 Å². The molecule has 0 amide bonds. The van der Waals surface area contributed by atoms with E-state index in [0.717, 1.165) is 38.3 Å². The fraction of sp³-hybridized carbons (Fsp3) is 0.125. The molecule has 0 radical (unpaired) electrons. The van der Waals surface area contributed by atoms with Crippen molar-refractivity contribution in [3.63, 3.8) is 0 Å². The van der Waals surface area contributed by atoms with Crippen molar-refractivity contribution in [2.24, 2.45) is 7.05 Å². The molecule has 8 heteroatoms. The van der Waals surface area contributed by atoms with Crippen LogP contribution < -0.4 is 5.32 Å². The average molecular weight is 354 g/mol. The highest BCUT2D eigenvalue weighted by Crippen LogP contribution is 2.29. The maximum atomic E-state index is 4.63. The first-order valence-electron chi connectivity index (χ1n) is 7.31. The van der Waals surface area contributed by atoms with Crippen molar-refractivity contribution in [2.75, 3.05) is 5.32 Å². The number of benzene rings is 1. The standard InChI is InChI=1S/C16H14N6S2/c1-22-14-13(7-19-22)15(18-10-17-14)23-8-12-9-24-16(21-12)20-11-5-3-2-4-6-11/h2-7,9-10H,8H2,1H3,(H,20,21). The Morgan fingerprint density at radius 3 is 2.96 bits per heavy atom. The molecule has 0 saturated heterocycles. The van der Waals surface area contributed by atoms with E-state index in [1.165, 1.54) is 0 Å².